The molecule has 0 spiro atoms. The molecule has 7 nitrogen and oxygen atoms in total. The second kappa shape index (κ2) is 6.74. The number of hydrogen-bond donors (Lipinski definition) is 4. The Morgan fingerprint density at radius 2 is 1.95 bits per heavy atom. The van der Waals surface area contributed by atoms with Crippen LogP contribution in [-0.4, -0.2) is 34.2 Å². The van der Waals surface area contributed by atoms with E-state index >= 15 is 0 Å². The lowest BCUT2D eigenvalue weighted by Gasteiger charge is -2.13. The fourth-order valence-electron chi connectivity index (χ4n) is 1.27. The quantitative estimate of drug-likeness (QED) is 0.652. The van der Waals surface area contributed by atoms with Crippen molar-refractivity contribution in [2.24, 2.45) is 0 Å². The van der Waals surface area contributed by atoms with Gasteiger partial charge in [-0.1, -0.05) is 22.0 Å². The molecule has 1 aromatic carbocycles. The van der Waals surface area contributed by atoms with Crippen molar-refractivity contribution in [3.05, 3.63) is 28.7 Å². The van der Waals surface area contributed by atoms with Crippen molar-refractivity contribution in [3.8, 4) is 0 Å². The number of halogens is 1. The molecule has 0 radical (unpaired) electrons. The molecule has 1 atom stereocenters. The van der Waals surface area contributed by atoms with E-state index in [0.29, 0.717) is 5.69 Å². The summed E-state index contributed by atoms with van der Waals surface area (Å²) in [6.07, 6.45) is -0.693. The number of hydrogen-bond acceptors (Lipinski definition) is 3. The fourth-order valence-corrected chi connectivity index (χ4v) is 1.67. The van der Waals surface area contributed by atoms with Crippen molar-refractivity contribution in [1.82, 2.24) is 5.32 Å². The van der Waals surface area contributed by atoms with Crippen molar-refractivity contribution in [1.29, 1.82) is 0 Å². The molecule has 0 bridgehead atoms. The Balaban J connectivity index is 2.62. The first-order chi connectivity index (χ1) is 8.88. The number of carboxylic acid groups (broad SMARTS) is 2. The zero-order valence-electron chi connectivity index (χ0n) is 9.59. The smallest absolute Gasteiger partial charge is 0.326 e. The number of carboxylic acids is 2. The van der Waals surface area contributed by atoms with E-state index in [2.05, 4.69) is 26.6 Å². The summed E-state index contributed by atoms with van der Waals surface area (Å²) in [4.78, 5) is 32.7. The molecule has 1 aromatic rings. The lowest BCUT2D eigenvalue weighted by molar-refractivity contribution is -0.145. The maximum Gasteiger partial charge on any atom is 0.326 e. The number of amides is 2. The average molecular weight is 331 g/mol. The van der Waals surface area contributed by atoms with Crippen LogP contribution in [0, 0.1) is 0 Å². The van der Waals surface area contributed by atoms with E-state index in [-0.39, 0.29) is 0 Å². The van der Waals surface area contributed by atoms with Crippen LogP contribution in [0.3, 0.4) is 0 Å². The highest BCUT2D eigenvalue weighted by Gasteiger charge is 2.22. The summed E-state index contributed by atoms with van der Waals surface area (Å²) in [6, 6.07) is 4.40. The molecule has 8 heteroatoms. The molecule has 19 heavy (non-hydrogen) atoms. The van der Waals surface area contributed by atoms with E-state index in [0.717, 1.165) is 4.47 Å². The van der Waals surface area contributed by atoms with Gasteiger partial charge in [-0.3, -0.25) is 4.79 Å². The van der Waals surface area contributed by atoms with Gasteiger partial charge < -0.3 is 20.8 Å². The third-order valence-electron chi connectivity index (χ3n) is 2.06. The van der Waals surface area contributed by atoms with E-state index in [1.807, 2.05) is 0 Å². The Labute approximate surface area is 116 Å². The monoisotopic (exact) mass is 330 g/mol. The summed E-state index contributed by atoms with van der Waals surface area (Å²) in [5, 5.41) is 21.8. The van der Waals surface area contributed by atoms with Gasteiger partial charge in [-0.2, -0.15) is 0 Å². The van der Waals surface area contributed by atoms with Gasteiger partial charge in [-0.25, -0.2) is 9.59 Å². The summed E-state index contributed by atoms with van der Waals surface area (Å²) < 4.78 is 0.741. The van der Waals surface area contributed by atoms with E-state index in [9.17, 15) is 14.4 Å². The van der Waals surface area contributed by atoms with Crippen LogP contribution in [-0.2, 0) is 9.59 Å². The van der Waals surface area contributed by atoms with Crippen molar-refractivity contribution < 1.29 is 24.6 Å². The maximum absolute atomic E-state index is 11.5. The topological polar surface area (TPSA) is 116 Å². The van der Waals surface area contributed by atoms with E-state index < -0.39 is 30.4 Å². The Bertz CT molecular complexity index is 506. The standard InChI is InChI=1S/C11H11BrN2O5/c12-6-2-1-3-7(4-6)13-11(19)14-8(10(17)18)5-9(15)16/h1-4,8H,5H2,(H,15,16)(H,17,18)(H2,13,14,19)/t8-/m0/s1. The lowest BCUT2D eigenvalue weighted by Crippen LogP contribution is -2.44. The van der Waals surface area contributed by atoms with Crippen LogP contribution in [0.15, 0.2) is 28.7 Å². The van der Waals surface area contributed by atoms with Gasteiger partial charge in [0.2, 0.25) is 0 Å². The Hall–Kier alpha value is -2.09. The molecule has 0 saturated carbocycles. The molecule has 4 N–H and O–H groups in total. The normalized spacial score (nSPS) is 11.4. The highest BCUT2D eigenvalue weighted by atomic mass is 79.9. The number of carbonyl (C=O) groups excluding carboxylic acids is 1. The van der Waals surface area contributed by atoms with Gasteiger partial charge >= 0.3 is 18.0 Å². The number of rotatable bonds is 5. The van der Waals surface area contributed by atoms with Crippen LogP contribution in [0.2, 0.25) is 0 Å². The first-order valence-corrected chi connectivity index (χ1v) is 5.95. The number of aliphatic carboxylic acids is 2. The molecule has 0 fully saturated rings. The minimum atomic E-state index is -1.48. The molecule has 0 saturated heterocycles. The molecule has 0 heterocycles. The zero-order chi connectivity index (χ0) is 14.4. The molecule has 0 unspecified atom stereocenters. The molecule has 0 aliphatic heterocycles. The highest BCUT2D eigenvalue weighted by molar-refractivity contribution is 9.10. The summed E-state index contributed by atoms with van der Waals surface area (Å²) in [7, 11) is 0. The van der Waals surface area contributed by atoms with E-state index in [1.54, 1.807) is 24.3 Å². The van der Waals surface area contributed by atoms with E-state index in [4.69, 9.17) is 10.2 Å². The summed E-state index contributed by atoms with van der Waals surface area (Å²) in [6.45, 7) is 0. The first-order valence-electron chi connectivity index (χ1n) is 5.16. The molecule has 102 valence electrons. The molecular weight excluding hydrogens is 320 g/mol. The SMILES string of the molecule is O=C(O)C[C@H](NC(=O)Nc1cccc(Br)c1)C(=O)O. The lowest BCUT2D eigenvalue weighted by atomic mass is 10.2. The van der Waals surface area contributed by atoms with Crippen LogP contribution in [0.1, 0.15) is 6.42 Å². The van der Waals surface area contributed by atoms with Gasteiger partial charge in [0.05, 0.1) is 6.42 Å². The molecule has 0 aliphatic carbocycles. The Morgan fingerprint density at radius 3 is 2.47 bits per heavy atom. The molecule has 0 aliphatic rings. The minimum Gasteiger partial charge on any atom is -0.481 e. The van der Waals surface area contributed by atoms with Crippen LogP contribution >= 0.6 is 15.9 Å². The van der Waals surface area contributed by atoms with Crippen LogP contribution in [0.25, 0.3) is 0 Å². The number of urea groups is 1. The van der Waals surface area contributed by atoms with Crippen molar-refractivity contribution >= 4 is 39.6 Å². The zero-order valence-corrected chi connectivity index (χ0v) is 11.2. The average Bonchev–Trinajstić information content (AvgIpc) is 2.27. The number of anilines is 1. The summed E-state index contributed by atoms with van der Waals surface area (Å²) in [5.74, 6) is -2.72. The van der Waals surface area contributed by atoms with Gasteiger partial charge in [0.1, 0.15) is 6.04 Å². The second-order valence-corrected chi connectivity index (χ2v) is 4.51. The largest absolute Gasteiger partial charge is 0.481 e. The van der Waals surface area contributed by atoms with Gasteiger partial charge in [0.25, 0.3) is 0 Å². The third-order valence-corrected chi connectivity index (χ3v) is 2.56. The van der Waals surface area contributed by atoms with Crippen molar-refractivity contribution in [2.45, 2.75) is 12.5 Å². The maximum atomic E-state index is 11.5. The van der Waals surface area contributed by atoms with Gasteiger partial charge in [0.15, 0.2) is 0 Å². The van der Waals surface area contributed by atoms with Crippen LogP contribution in [0.4, 0.5) is 10.5 Å². The molecule has 0 aromatic heterocycles. The van der Waals surface area contributed by atoms with Crippen molar-refractivity contribution in [2.75, 3.05) is 5.32 Å². The predicted molar refractivity (Wildman–Crippen MR) is 70.0 cm³/mol. The van der Waals surface area contributed by atoms with Gasteiger partial charge in [0, 0.05) is 10.2 Å². The Morgan fingerprint density at radius 1 is 1.26 bits per heavy atom. The van der Waals surface area contributed by atoms with Crippen LogP contribution in [0.5, 0.6) is 0 Å². The minimum absolute atomic E-state index is 0.450. The Kier molecular flexibility index (Phi) is 5.31. The first kappa shape index (κ1) is 15.0. The third kappa shape index (κ3) is 5.38. The van der Waals surface area contributed by atoms with E-state index in [1.165, 1.54) is 0 Å². The highest BCUT2D eigenvalue weighted by Crippen LogP contribution is 2.15. The second-order valence-electron chi connectivity index (χ2n) is 3.60. The predicted octanol–water partition coefficient (Wildman–Crippen LogP) is 1.50. The fraction of sp³-hybridized carbons (Fsp3) is 0.182. The van der Waals surface area contributed by atoms with Gasteiger partial charge in [-0.15, -0.1) is 0 Å². The number of nitrogens with one attached hydrogen (secondary N) is 2. The van der Waals surface area contributed by atoms with Crippen LogP contribution < -0.4 is 10.6 Å². The van der Waals surface area contributed by atoms with Gasteiger partial charge in [-0.05, 0) is 18.2 Å². The van der Waals surface area contributed by atoms with Crippen molar-refractivity contribution in [3.63, 3.8) is 0 Å². The molecular formula is C11H11BrN2O5. The summed E-state index contributed by atoms with van der Waals surface area (Å²) in [5.41, 5.74) is 0.450. The molecule has 2 amide bonds. The number of carbonyl (C=O) groups is 3. The number of benzene rings is 1. The molecule has 1 rings (SSSR count). The summed E-state index contributed by atoms with van der Waals surface area (Å²) >= 11 is 3.22.